The number of thioether (sulfide) groups is 1. The van der Waals surface area contributed by atoms with Gasteiger partial charge in [-0.25, -0.2) is 0 Å². The fraction of sp³-hybridized carbons (Fsp3) is 0.750. The lowest BCUT2D eigenvalue weighted by atomic mass is 10.2. The molecule has 0 amide bonds. The Hall–Kier alpha value is -0.480. The lowest BCUT2D eigenvalue weighted by Crippen LogP contribution is -2.26. The summed E-state index contributed by atoms with van der Waals surface area (Å²) in [6.45, 7) is 6.46. The van der Waals surface area contributed by atoms with Gasteiger partial charge >= 0.3 is 0 Å². The van der Waals surface area contributed by atoms with Crippen molar-refractivity contribution in [2.24, 2.45) is 5.73 Å². The Kier molecular flexibility index (Phi) is 5.91. The van der Waals surface area contributed by atoms with E-state index in [2.05, 4.69) is 31.9 Å². The van der Waals surface area contributed by atoms with Crippen LogP contribution in [0.3, 0.4) is 0 Å². The highest BCUT2D eigenvalue weighted by Gasteiger charge is 2.07. The third kappa shape index (κ3) is 4.58. The highest BCUT2D eigenvalue weighted by Crippen LogP contribution is 2.09. The summed E-state index contributed by atoms with van der Waals surface area (Å²) in [5, 5.41) is 4.51. The number of nitrogens with zero attached hydrogens (tertiary/aromatic N) is 2. The molecule has 3 nitrogen and oxygen atoms in total. The van der Waals surface area contributed by atoms with Crippen LogP contribution in [0.15, 0.2) is 12.3 Å². The van der Waals surface area contributed by atoms with Crippen molar-refractivity contribution in [3.05, 3.63) is 18.0 Å². The molecule has 1 heterocycles. The molecule has 1 aromatic heterocycles. The van der Waals surface area contributed by atoms with Crippen LogP contribution in [-0.2, 0) is 6.42 Å². The normalized spacial score (nSPS) is 13.3. The van der Waals surface area contributed by atoms with E-state index in [-0.39, 0.29) is 6.04 Å². The minimum absolute atomic E-state index is 0.229. The summed E-state index contributed by atoms with van der Waals surface area (Å²) in [6, 6.07) is 2.73. The van der Waals surface area contributed by atoms with Crippen LogP contribution in [0.5, 0.6) is 0 Å². The van der Waals surface area contributed by atoms with Gasteiger partial charge in [-0.1, -0.05) is 6.92 Å². The van der Waals surface area contributed by atoms with Crippen LogP contribution in [0.25, 0.3) is 0 Å². The molecule has 0 fully saturated rings. The van der Waals surface area contributed by atoms with Crippen molar-refractivity contribution < 1.29 is 0 Å². The molecule has 2 N–H and O–H groups in total. The van der Waals surface area contributed by atoms with Crippen molar-refractivity contribution in [3.8, 4) is 0 Å². The highest BCUT2D eigenvalue weighted by molar-refractivity contribution is 7.99. The molecule has 0 aromatic carbocycles. The number of aromatic nitrogens is 2. The number of hydrogen-bond donors (Lipinski definition) is 1. The fourth-order valence-corrected chi connectivity index (χ4v) is 2.36. The van der Waals surface area contributed by atoms with Gasteiger partial charge in [-0.05, 0) is 32.1 Å². The molecular weight excluding hydrogens is 218 g/mol. The van der Waals surface area contributed by atoms with Gasteiger partial charge in [0, 0.05) is 30.5 Å². The summed E-state index contributed by atoms with van der Waals surface area (Å²) in [4.78, 5) is 0. The van der Waals surface area contributed by atoms with Gasteiger partial charge in [-0.2, -0.15) is 16.9 Å². The molecule has 1 unspecified atom stereocenters. The zero-order chi connectivity index (χ0) is 12.0. The summed E-state index contributed by atoms with van der Waals surface area (Å²) in [5.41, 5.74) is 7.17. The predicted octanol–water partition coefficient (Wildman–Crippen LogP) is 2.48. The number of hydrogen-bond acceptors (Lipinski definition) is 3. The summed E-state index contributed by atoms with van der Waals surface area (Å²) in [5.74, 6) is 2.23. The Labute approximate surface area is 103 Å². The van der Waals surface area contributed by atoms with Crippen LogP contribution in [-0.4, -0.2) is 27.3 Å². The lowest BCUT2D eigenvalue weighted by Gasteiger charge is -2.09. The van der Waals surface area contributed by atoms with E-state index in [4.69, 9.17) is 5.73 Å². The van der Waals surface area contributed by atoms with E-state index in [1.54, 1.807) is 0 Å². The maximum Gasteiger partial charge on any atom is 0.0640 e. The van der Waals surface area contributed by atoms with Gasteiger partial charge in [-0.15, -0.1) is 0 Å². The zero-order valence-electron chi connectivity index (χ0n) is 10.5. The first kappa shape index (κ1) is 13.6. The second-order valence-corrected chi connectivity index (χ2v) is 5.57. The highest BCUT2D eigenvalue weighted by atomic mass is 32.2. The van der Waals surface area contributed by atoms with Gasteiger partial charge < -0.3 is 5.73 Å². The Morgan fingerprint density at radius 1 is 1.50 bits per heavy atom. The van der Waals surface area contributed by atoms with Gasteiger partial charge in [-0.3, -0.25) is 4.68 Å². The standard InChI is InChI=1S/C12H23N3S/c1-4-7-16-9-11(13)8-12-5-6-15(14-12)10(2)3/h5-6,10-11H,4,7-9,13H2,1-3H3. The van der Waals surface area contributed by atoms with E-state index in [0.717, 1.165) is 17.9 Å². The van der Waals surface area contributed by atoms with Crippen molar-refractivity contribution in [2.45, 2.75) is 45.7 Å². The molecule has 0 saturated carbocycles. The Morgan fingerprint density at radius 2 is 2.25 bits per heavy atom. The first-order valence-electron chi connectivity index (χ1n) is 6.00. The van der Waals surface area contributed by atoms with Gasteiger partial charge in [0.1, 0.15) is 0 Å². The topological polar surface area (TPSA) is 43.8 Å². The van der Waals surface area contributed by atoms with Crippen LogP contribution in [0.1, 0.15) is 38.9 Å². The molecule has 0 aliphatic rings. The van der Waals surface area contributed by atoms with E-state index in [1.807, 2.05) is 22.6 Å². The Balaban J connectivity index is 2.34. The third-order valence-electron chi connectivity index (χ3n) is 2.34. The molecule has 4 heteroatoms. The molecule has 0 saturated heterocycles. The van der Waals surface area contributed by atoms with E-state index >= 15 is 0 Å². The molecule has 0 aliphatic heterocycles. The number of rotatable bonds is 7. The Bertz CT molecular complexity index is 296. The minimum atomic E-state index is 0.229. The molecule has 1 atom stereocenters. The average molecular weight is 241 g/mol. The average Bonchev–Trinajstić information content (AvgIpc) is 2.66. The molecular formula is C12H23N3S. The van der Waals surface area contributed by atoms with Crippen LogP contribution in [0, 0.1) is 0 Å². The van der Waals surface area contributed by atoms with Crippen molar-refractivity contribution in [3.63, 3.8) is 0 Å². The van der Waals surface area contributed by atoms with Crippen molar-refractivity contribution >= 4 is 11.8 Å². The van der Waals surface area contributed by atoms with Crippen LogP contribution in [0.2, 0.25) is 0 Å². The first-order chi connectivity index (χ1) is 7.63. The van der Waals surface area contributed by atoms with Crippen molar-refractivity contribution in [1.82, 2.24) is 9.78 Å². The lowest BCUT2D eigenvalue weighted by molar-refractivity contribution is 0.523. The molecule has 92 valence electrons. The molecule has 0 spiro atoms. The second-order valence-electron chi connectivity index (χ2n) is 4.42. The van der Waals surface area contributed by atoms with Crippen LogP contribution in [0.4, 0.5) is 0 Å². The SMILES string of the molecule is CCCSCC(N)Cc1ccn(C(C)C)n1. The maximum atomic E-state index is 6.06. The monoisotopic (exact) mass is 241 g/mol. The van der Waals surface area contributed by atoms with E-state index in [9.17, 15) is 0 Å². The predicted molar refractivity (Wildman–Crippen MR) is 71.9 cm³/mol. The zero-order valence-corrected chi connectivity index (χ0v) is 11.3. The van der Waals surface area contributed by atoms with Gasteiger partial charge in [0.2, 0.25) is 0 Å². The molecule has 0 aliphatic carbocycles. The fourth-order valence-electron chi connectivity index (χ4n) is 1.48. The van der Waals surface area contributed by atoms with E-state index < -0.39 is 0 Å². The van der Waals surface area contributed by atoms with Crippen molar-refractivity contribution in [2.75, 3.05) is 11.5 Å². The van der Waals surface area contributed by atoms with Gasteiger partial charge in [0.05, 0.1) is 5.69 Å². The summed E-state index contributed by atoms with van der Waals surface area (Å²) in [7, 11) is 0. The quantitative estimate of drug-likeness (QED) is 0.746. The van der Waals surface area contributed by atoms with Crippen LogP contribution < -0.4 is 5.73 Å². The van der Waals surface area contributed by atoms with Crippen LogP contribution >= 0.6 is 11.8 Å². The summed E-state index contributed by atoms with van der Waals surface area (Å²) >= 11 is 1.93. The van der Waals surface area contributed by atoms with E-state index in [1.165, 1.54) is 12.2 Å². The third-order valence-corrected chi connectivity index (χ3v) is 3.71. The van der Waals surface area contributed by atoms with E-state index in [0.29, 0.717) is 6.04 Å². The van der Waals surface area contributed by atoms with Crippen molar-refractivity contribution in [1.29, 1.82) is 0 Å². The van der Waals surface area contributed by atoms with Gasteiger partial charge in [0.25, 0.3) is 0 Å². The summed E-state index contributed by atoms with van der Waals surface area (Å²) < 4.78 is 1.99. The van der Waals surface area contributed by atoms with Gasteiger partial charge in [0.15, 0.2) is 0 Å². The largest absolute Gasteiger partial charge is 0.327 e. The first-order valence-corrected chi connectivity index (χ1v) is 7.16. The molecule has 0 bridgehead atoms. The molecule has 0 radical (unpaired) electrons. The Morgan fingerprint density at radius 3 is 2.81 bits per heavy atom. The number of nitrogens with two attached hydrogens (primary N) is 1. The maximum absolute atomic E-state index is 6.06. The summed E-state index contributed by atoms with van der Waals surface area (Å²) in [6.07, 6.45) is 4.14. The molecule has 16 heavy (non-hydrogen) atoms. The smallest absolute Gasteiger partial charge is 0.0640 e. The molecule has 1 aromatic rings. The minimum Gasteiger partial charge on any atom is -0.327 e. The second kappa shape index (κ2) is 6.97. The molecule has 1 rings (SSSR count).